The number of esters is 1. The molecular weight excluding hydrogens is 484 g/mol. The van der Waals surface area contributed by atoms with E-state index in [9.17, 15) is 67.7 Å². The first kappa shape index (κ1) is 28.3. The van der Waals surface area contributed by atoms with Crippen molar-refractivity contribution in [2.75, 3.05) is 0 Å². The van der Waals surface area contributed by atoms with Gasteiger partial charge in [0.15, 0.2) is 0 Å². The third kappa shape index (κ3) is 4.52. The van der Waals surface area contributed by atoms with Gasteiger partial charge in [-0.15, -0.1) is 0 Å². The van der Waals surface area contributed by atoms with Crippen LogP contribution in [0.1, 0.15) is 19.8 Å². The zero-order chi connectivity index (χ0) is 25.7. The van der Waals surface area contributed by atoms with Gasteiger partial charge in [0.1, 0.15) is 6.10 Å². The van der Waals surface area contributed by atoms with E-state index in [1.807, 2.05) is 0 Å². The van der Waals surface area contributed by atoms with Crippen LogP contribution >= 0.6 is 0 Å². The predicted octanol–water partition coefficient (Wildman–Crippen LogP) is 4.46. The van der Waals surface area contributed by atoms with Gasteiger partial charge < -0.3 is 14.9 Å². The van der Waals surface area contributed by atoms with E-state index in [0.717, 1.165) is 0 Å². The fraction of sp³-hybridized carbons (Fsp3) is 0.812. The minimum atomic E-state index is -6.60. The summed E-state index contributed by atoms with van der Waals surface area (Å²) in [5.41, 5.74) is -11.6. The van der Waals surface area contributed by atoms with Crippen molar-refractivity contribution in [2.24, 2.45) is 17.8 Å². The van der Waals surface area contributed by atoms with Crippen LogP contribution in [0, 0.1) is 17.8 Å². The number of carbonyl (C=O) groups is 1. The molecule has 16 heteroatoms. The molecule has 0 aromatic carbocycles. The lowest BCUT2D eigenvalue weighted by Gasteiger charge is -2.51. The Hall–Kier alpha value is -1.71. The van der Waals surface area contributed by atoms with Gasteiger partial charge >= 0.3 is 30.7 Å². The number of hydrogen-bond donors (Lipinski definition) is 2. The maximum absolute atomic E-state index is 13.3. The molecular formula is C16H16F12O4. The van der Waals surface area contributed by atoms with E-state index in [0.29, 0.717) is 13.0 Å². The minimum Gasteiger partial charge on any atom is -0.459 e. The average Bonchev–Trinajstić information content (AvgIpc) is 2.57. The molecule has 4 unspecified atom stereocenters. The normalized spacial score (nSPS) is 26.6. The lowest BCUT2D eigenvalue weighted by molar-refractivity contribution is -0.409. The summed E-state index contributed by atoms with van der Waals surface area (Å²) in [4.78, 5) is 11.4. The van der Waals surface area contributed by atoms with Gasteiger partial charge in [0, 0.05) is 17.9 Å². The first-order chi connectivity index (χ1) is 14.0. The highest BCUT2D eigenvalue weighted by atomic mass is 19.4. The summed E-state index contributed by atoms with van der Waals surface area (Å²) < 4.78 is 164. The average molecular weight is 500 g/mol. The van der Waals surface area contributed by atoms with Crippen molar-refractivity contribution in [3.05, 3.63) is 12.7 Å². The van der Waals surface area contributed by atoms with Crippen LogP contribution in [0.15, 0.2) is 12.7 Å². The molecule has 0 radical (unpaired) electrons. The molecule has 0 heterocycles. The van der Waals surface area contributed by atoms with Crippen molar-refractivity contribution in [3.8, 4) is 0 Å². The Bertz CT molecular complexity index is 678. The van der Waals surface area contributed by atoms with Crippen LogP contribution in [0.4, 0.5) is 52.7 Å². The van der Waals surface area contributed by atoms with Crippen LogP contribution in [-0.4, -0.2) is 58.2 Å². The van der Waals surface area contributed by atoms with Crippen LogP contribution in [0.5, 0.6) is 0 Å². The van der Waals surface area contributed by atoms with E-state index in [4.69, 9.17) is 0 Å². The molecule has 0 bridgehead atoms. The Morgan fingerprint density at radius 2 is 1.19 bits per heavy atom. The third-order valence-corrected chi connectivity index (χ3v) is 5.57. The van der Waals surface area contributed by atoms with E-state index in [1.165, 1.54) is 0 Å². The van der Waals surface area contributed by atoms with Crippen molar-refractivity contribution >= 4 is 5.97 Å². The van der Waals surface area contributed by atoms with Gasteiger partial charge in [-0.3, -0.25) is 0 Å². The van der Waals surface area contributed by atoms with Crippen molar-refractivity contribution in [1.82, 2.24) is 0 Å². The van der Waals surface area contributed by atoms with Crippen molar-refractivity contribution in [2.45, 2.75) is 61.8 Å². The zero-order valence-electron chi connectivity index (χ0n) is 15.8. The SMILES string of the molecule is C=CC(=O)OC1CC(C(O)(C(F)(F)F)C(F)(F)F)CC(C(O)(C(F)(F)F)C(F)(F)F)C1C. The first-order valence-electron chi connectivity index (χ1n) is 8.51. The lowest BCUT2D eigenvalue weighted by atomic mass is 9.61. The molecule has 0 aromatic rings. The highest BCUT2D eigenvalue weighted by Gasteiger charge is 2.79. The van der Waals surface area contributed by atoms with Crippen molar-refractivity contribution in [3.63, 3.8) is 0 Å². The zero-order valence-corrected chi connectivity index (χ0v) is 15.8. The summed E-state index contributed by atoms with van der Waals surface area (Å²) in [6.45, 7) is 3.37. The summed E-state index contributed by atoms with van der Waals surface area (Å²) in [5.74, 6) is -10.6. The molecule has 2 N–H and O–H groups in total. The number of carbonyl (C=O) groups excluding carboxylic acids is 1. The summed E-state index contributed by atoms with van der Waals surface area (Å²) >= 11 is 0. The third-order valence-electron chi connectivity index (χ3n) is 5.57. The second-order valence-electron chi connectivity index (χ2n) is 7.34. The largest absolute Gasteiger partial charge is 0.459 e. The Morgan fingerprint density at radius 1 is 0.812 bits per heavy atom. The number of alkyl halides is 12. The molecule has 0 saturated heterocycles. The monoisotopic (exact) mass is 500 g/mol. The maximum Gasteiger partial charge on any atom is 0.426 e. The molecule has 0 amide bonds. The van der Waals surface area contributed by atoms with Gasteiger partial charge in [0.05, 0.1) is 0 Å². The van der Waals surface area contributed by atoms with Gasteiger partial charge in [0.2, 0.25) is 0 Å². The summed E-state index contributed by atoms with van der Waals surface area (Å²) in [5, 5.41) is 19.2. The molecule has 4 atom stereocenters. The fourth-order valence-corrected chi connectivity index (χ4v) is 3.82. The second kappa shape index (κ2) is 8.25. The molecule has 188 valence electrons. The predicted molar refractivity (Wildman–Crippen MR) is 79.6 cm³/mol. The number of ether oxygens (including phenoxy) is 1. The van der Waals surface area contributed by atoms with Crippen LogP contribution in [0.3, 0.4) is 0 Å². The molecule has 0 aromatic heterocycles. The van der Waals surface area contributed by atoms with E-state index in [-0.39, 0.29) is 0 Å². The van der Waals surface area contributed by atoms with E-state index < -0.39 is 78.6 Å². The second-order valence-corrected chi connectivity index (χ2v) is 7.34. The Kier molecular flexibility index (Phi) is 7.31. The molecule has 1 saturated carbocycles. The number of halogens is 12. The topological polar surface area (TPSA) is 66.8 Å². The number of hydrogen-bond acceptors (Lipinski definition) is 4. The van der Waals surface area contributed by atoms with Crippen molar-refractivity contribution in [1.29, 1.82) is 0 Å². The standard InChI is InChI=1S/C16H16F12O4/c1-3-10(29)32-9-5-7(11(30,13(17,18)19)14(20,21)22)4-8(6(9)2)12(31,15(23,24)25)16(26,27)28/h3,6-9,30-31H,1,4-5H2,2H3. The smallest absolute Gasteiger partial charge is 0.426 e. The minimum absolute atomic E-state index is 0.310. The highest BCUT2D eigenvalue weighted by molar-refractivity contribution is 5.81. The van der Waals surface area contributed by atoms with Crippen LogP contribution in [-0.2, 0) is 9.53 Å². The molecule has 0 aliphatic heterocycles. The van der Waals surface area contributed by atoms with Gasteiger partial charge in [-0.05, 0) is 18.8 Å². The first-order valence-corrected chi connectivity index (χ1v) is 8.51. The Morgan fingerprint density at radius 3 is 1.50 bits per heavy atom. The van der Waals surface area contributed by atoms with Crippen LogP contribution < -0.4 is 0 Å². The highest BCUT2D eigenvalue weighted by Crippen LogP contribution is 2.59. The molecule has 1 aliphatic rings. The quantitative estimate of drug-likeness (QED) is 0.340. The fourth-order valence-electron chi connectivity index (χ4n) is 3.82. The van der Waals surface area contributed by atoms with Gasteiger partial charge in [-0.25, -0.2) is 4.79 Å². The molecule has 0 spiro atoms. The molecule has 1 aliphatic carbocycles. The Balaban J connectivity index is 3.78. The summed E-state index contributed by atoms with van der Waals surface area (Å²) in [6.07, 6.45) is -32.3. The number of rotatable bonds is 4. The molecule has 32 heavy (non-hydrogen) atoms. The molecule has 1 fully saturated rings. The van der Waals surface area contributed by atoms with E-state index in [1.54, 1.807) is 0 Å². The summed E-state index contributed by atoms with van der Waals surface area (Å²) in [7, 11) is 0. The number of aliphatic hydroxyl groups is 2. The maximum atomic E-state index is 13.3. The van der Waals surface area contributed by atoms with Gasteiger partial charge in [0.25, 0.3) is 11.2 Å². The van der Waals surface area contributed by atoms with Gasteiger partial charge in [-0.2, -0.15) is 52.7 Å². The molecule has 1 rings (SSSR count). The van der Waals surface area contributed by atoms with Crippen LogP contribution in [0.2, 0.25) is 0 Å². The van der Waals surface area contributed by atoms with Crippen LogP contribution in [0.25, 0.3) is 0 Å². The van der Waals surface area contributed by atoms with E-state index in [2.05, 4.69) is 11.3 Å². The van der Waals surface area contributed by atoms with Crippen molar-refractivity contribution < 1.29 is 72.4 Å². The molecule has 4 nitrogen and oxygen atoms in total. The Labute approximate surface area is 171 Å². The lowest BCUT2D eigenvalue weighted by Crippen LogP contribution is -2.69. The summed E-state index contributed by atoms with van der Waals surface area (Å²) in [6, 6.07) is 0. The van der Waals surface area contributed by atoms with Gasteiger partial charge in [-0.1, -0.05) is 13.5 Å². The van der Waals surface area contributed by atoms with E-state index >= 15 is 0 Å².